The minimum absolute atomic E-state index is 0.0636. The molecule has 0 aliphatic rings. The van der Waals surface area contributed by atoms with Crippen molar-refractivity contribution in [2.24, 2.45) is 5.92 Å². The minimum atomic E-state index is -4.50. The average molecular weight is 373 g/mol. The Bertz CT molecular complexity index is 811. The number of rotatable bonds is 5. The van der Waals surface area contributed by atoms with Gasteiger partial charge in [-0.3, -0.25) is 9.59 Å². The molecule has 2 heterocycles. The number of hydrogen-bond donors (Lipinski definition) is 1. The van der Waals surface area contributed by atoms with E-state index in [-0.39, 0.29) is 22.7 Å². The van der Waals surface area contributed by atoms with Crippen molar-refractivity contribution < 1.29 is 18.0 Å². The average Bonchev–Trinajstić information content (AvgIpc) is 2.93. The molecule has 0 unspecified atom stereocenters. The fourth-order valence-electron chi connectivity index (χ4n) is 2.28. The molecule has 9 heteroatoms. The Morgan fingerprint density at radius 3 is 2.60 bits per heavy atom. The van der Waals surface area contributed by atoms with Crippen LogP contribution in [0.15, 0.2) is 22.3 Å². The van der Waals surface area contributed by atoms with Gasteiger partial charge < -0.3 is 9.88 Å². The Kier molecular flexibility index (Phi) is 5.66. The molecule has 0 bridgehead atoms. The van der Waals surface area contributed by atoms with Crippen molar-refractivity contribution in [1.82, 2.24) is 14.9 Å². The summed E-state index contributed by atoms with van der Waals surface area (Å²) in [6.07, 6.45) is -3.89. The quantitative estimate of drug-likeness (QED) is 0.874. The lowest BCUT2D eigenvalue weighted by molar-refractivity contribution is -0.140. The van der Waals surface area contributed by atoms with Gasteiger partial charge in [0.05, 0.1) is 6.54 Å². The van der Waals surface area contributed by atoms with Gasteiger partial charge in [-0.1, -0.05) is 13.8 Å². The van der Waals surface area contributed by atoms with Crippen molar-refractivity contribution >= 4 is 17.2 Å². The standard InChI is InChI=1S/C16H18F3N3O2S/c1-9(2)4-11-5-10(6-13(23)20-11)15(24)22(3)7-14-21-12(8-25-14)16(17,18)19/h5-6,8-9H,4,7H2,1-3H3,(H,20,23). The first-order valence-electron chi connectivity index (χ1n) is 7.56. The smallest absolute Gasteiger partial charge is 0.335 e. The number of pyridine rings is 1. The molecule has 2 aromatic rings. The minimum Gasteiger partial charge on any atom is -0.335 e. The van der Waals surface area contributed by atoms with Crippen molar-refractivity contribution in [3.8, 4) is 0 Å². The van der Waals surface area contributed by atoms with E-state index in [1.807, 2.05) is 13.8 Å². The van der Waals surface area contributed by atoms with Gasteiger partial charge in [0.15, 0.2) is 5.69 Å². The van der Waals surface area contributed by atoms with Gasteiger partial charge in [0, 0.05) is 29.8 Å². The summed E-state index contributed by atoms with van der Waals surface area (Å²) in [4.78, 5) is 31.6. The van der Waals surface area contributed by atoms with Crippen LogP contribution >= 0.6 is 11.3 Å². The molecule has 0 saturated heterocycles. The fraction of sp³-hybridized carbons (Fsp3) is 0.438. The summed E-state index contributed by atoms with van der Waals surface area (Å²) >= 11 is 0.839. The van der Waals surface area contributed by atoms with Crippen LogP contribution in [0.2, 0.25) is 0 Å². The summed E-state index contributed by atoms with van der Waals surface area (Å²) in [7, 11) is 1.46. The van der Waals surface area contributed by atoms with Crippen LogP contribution in [0.25, 0.3) is 0 Å². The van der Waals surface area contributed by atoms with Crippen LogP contribution < -0.4 is 5.56 Å². The van der Waals surface area contributed by atoms with Gasteiger partial charge >= 0.3 is 6.18 Å². The van der Waals surface area contributed by atoms with Crippen LogP contribution in [0, 0.1) is 5.92 Å². The van der Waals surface area contributed by atoms with E-state index in [4.69, 9.17) is 0 Å². The molecule has 0 aliphatic heterocycles. The Morgan fingerprint density at radius 2 is 2.04 bits per heavy atom. The monoisotopic (exact) mass is 373 g/mol. The highest BCUT2D eigenvalue weighted by Gasteiger charge is 2.33. The Hall–Kier alpha value is -2.16. The van der Waals surface area contributed by atoms with Crippen molar-refractivity contribution in [3.63, 3.8) is 0 Å². The molecule has 0 aromatic carbocycles. The summed E-state index contributed by atoms with van der Waals surface area (Å²) in [6.45, 7) is 3.91. The first-order valence-corrected chi connectivity index (χ1v) is 8.44. The molecular weight excluding hydrogens is 355 g/mol. The van der Waals surface area contributed by atoms with Gasteiger partial charge in [-0.25, -0.2) is 4.98 Å². The number of carbonyl (C=O) groups is 1. The molecular formula is C16H18F3N3O2S. The fourth-order valence-corrected chi connectivity index (χ4v) is 3.14. The summed E-state index contributed by atoms with van der Waals surface area (Å²) < 4.78 is 37.7. The number of aromatic nitrogens is 2. The van der Waals surface area contributed by atoms with Crippen molar-refractivity contribution in [2.75, 3.05) is 7.05 Å². The van der Waals surface area contributed by atoms with Crippen molar-refractivity contribution in [2.45, 2.75) is 33.0 Å². The SMILES string of the molecule is CC(C)Cc1cc(C(=O)N(C)Cc2nc(C(F)(F)F)cs2)cc(=O)[nH]1. The van der Waals surface area contributed by atoms with Crippen molar-refractivity contribution in [3.05, 3.63) is 49.8 Å². The largest absolute Gasteiger partial charge is 0.434 e. The van der Waals surface area contributed by atoms with E-state index in [0.29, 0.717) is 18.0 Å². The molecule has 0 fully saturated rings. The Labute approximate surface area is 146 Å². The maximum absolute atomic E-state index is 12.6. The van der Waals surface area contributed by atoms with Crippen LogP contribution in [0.5, 0.6) is 0 Å². The predicted octanol–water partition coefficient (Wildman–Crippen LogP) is 3.32. The normalized spacial score (nSPS) is 11.8. The number of carbonyl (C=O) groups excluding carboxylic acids is 1. The van der Waals surface area contributed by atoms with E-state index in [0.717, 1.165) is 16.7 Å². The Morgan fingerprint density at radius 1 is 1.36 bits per heavy atom. The number of nitrogens with one attached hydrogen (secondary N) is 1. The van der Waals surface area contributed by atoms with Crippen LogP contribution in [0.4, 0.5) is 13.2 Å². The van der Waals surface area contributed by atoms with Gasteiger partial charge in [-0.2, -0.15) is 13.2 Å². The second-order valence-electron chi connectivity index (χ2n) is 6.14. The zero-order valence-electron chi connectivity index (χ0n) is 14.0. The zero-order chi connectivity index (χ0) is 18.8. The third-order valence-corrected chi connectivity index (χ3v) is 4.17. The third kappa shape index (κ3) is 5.15. The number of amides is 1. The first-order chi connectivity index (χ1) is 11.6. The predicted molar refractivity (Wildman–Crippen MR) is 88.5 cm³/mol. The number of aromatic amines is 1. The van der Waals surface area contributed by atoms with E-state index in [1.54, 1.807) is 6.07 Å². The number of alkyl halides is 3. The molecule has 0 spiro atoms. The molecule has 0 atom stereocenters. The van der Waals surface area contributed by atoms with E-state index in [9.17, 15) is 22.8 Å². The maximum atomic E-state index is 12.6. The second-order valence-corrected chi connectivity index (χ2v) is 7.08. The van der Waals surface area contributed by atoms with Crippen LogP contribution in [0.1, 0.15) is 40.6 Å². The number of halogens is 3. The lowest BCUT2D eigenvalue weighted by Gasteiger charge is -2.16. The van der Waals surface area contributed by atoms with E-state index in [1.165, 1.54) is 18.0 Å². The summed E-state index contributed by atoms with van der Waals surface area (Å²) in [5, 5.41) is 1.09. The second kappa shape index (κ2) is 7.38. The highest BCUT2D eigenvalue weighted by atomic mass is 32.1. The number of nitrogens with zero attached hydrogens (tertiary/aromatic N) is 2. The maximum Gasteiger partial charge on any atom is 0.434 e. The molecule has 2 aromatic heterocycles. The molecule has 5 nitrogen and oxygen atoms in total. The Balaban J connectivity index is 2.16. The molecule has 0 radical (unpaired) electrons. The van der Waals surface area contributed by atoms with Gasteiger partial charge in [-0.15, -0.1) is 11.3 Å². The summed E-state index contributed by atoms with van der Waals surface area (Å²) in [5.74, 6) is -0.144. The molecule has 0 aliphatic carbocycles. The highest BCUT2D eigenvalue weighted by molar-refractivity contribution is 7.09. The molecule has 1 N–H and O–H groups in total. The molecule has 136 valence electrons. The highest BCUT2D eigenvalue weighted by Crippen LogP contribution is 2.30. The third-order valence-electron chi connectivity index (χ3n) is 3.34. The molecule has 0 saturated carbocycles. The van der Waals surface area contributed by atoms with Crippen LogP contribution in [-0.4, -0.2) is 27.8 Å². The zero-order valence-corrected chi connectivity index (χ0v) is 14.8. The van der Waals surface area contributed by atoms with Gasteiger partial charge in [0.1, 0.15) is 5.01 Å². The van der Waals surface area contributed by atoms with Crippen molar-refractivity contribution in [1.29, 1.82) is 0 Å². The molecule has 2 rings (SSSR count). The summed E-state index contributed by atoms with van der Waals surface area (Å²) in [6, 6.07) is 2.79. The van der Waals surface area contributed by atoms with Crippen LogP contribution in [0.3, 0.4) is 0 Å². The molecule has 1 amide bonds. The van der Waals surface area contributed by atoms with E-state index >= 15 is 0 Å². The number of hydrogen-bond acceptors (Lipinski definition) is 4. The van der Waals surface area contributed by atoms with Gasteiger partial charge in [0.2, 0.25) is 5.56 Å². The van der Waals surface area contributed by atoms with E-state index < -0.39 is 17.8 Å². The number of H-pyrrole nitrogens is 1. The number of thiazole rings is 1. The summed E-state index contributed by atoms with van der Waals surface area (Å²) in [5.41, 5.74) is -0.505. The van der Waals surface area contributed by atoms with Gasteiger partial charge in [0.25, 0.3) is 5.91 Å². The lowest BCUT2D eigenvalue weighted by atomic mass is 10.1. The van der Waals surface area contributed by atoms with Gasteiger partial charge in [-0.05, 0) is 18.4 Å². The molecule has 25 heavy (non-hydrogen) atoms. The van der Waals surface area contributed by atoms with Crippen LogP contribution in [-0.2, 0) is 19.1 Å². The lowest BCUT2D eigenvalue weighted by Crippen LogP contribution is -2.28. The topological polar surface area (TPSA) is 66.1 Å². The first kappa shape index (κ1) is 19.2. The van der Waals surface area contributed by atoms with E-state index in [2.05, 4.69) is 9.97 Å².